The van der Waals surface area contributed by atoms with E-state index in [1.165, 1.54) is 4.90 Å². The number of anilines is 1. The maximum atomic E-state index is 14.1. The van der Waals surface area contributed by atoms with Gasteiger partial charge in [0.1, 0.15) is 24.2 Å². The summed E-state index contributed by atoms with van der Waals surface area (Å²) in [5.41, 5.74) is 1.39. The summed E-state index contributed by atoms with van der Waals surface area (Å²) in [6.45, 7) is 4.01. The maximum absolute atomic E-state index is 14.1. The molecular formula is C24H26N2O6. The molecule has 8 nitrogen and oxygen atoms in total. The molecule has 0 radical (unpaired) electrons. The number of β-amino-alcohol motifs (C(OH)–C–C–N with tert-alkyl or cyclic N) is 1. The number of amides is 2. The van der Waals surface area contributed by atoms with Crippen molar-refractivity contribution in [1.82, 2.24) is 4.90 Å². The second-order valence-corrected chi connectivity index (χ2v) is 8.75. The number of fused-ring (bicyclic) bond motifs is 2. The smallest absolute Gasteiger partial charge is 0.313 e. The van der Waals surface area contributed by atoms with Gasteiger partial charge in [-0.15, -0.1) is 0 Å². The van der Waals surface area contributed by atoms with Crippen LogP contribution in [-0.2, 0) is 23.9 Å². The Morgan fingerprint density at radius 2 is 1.88 bits per heavy atom. The van der Waals surface area contributed by atoms with Crippen LogP contribution >= 0.6 is 0 Å². The van der Waals surface area contributed by atoms with Crippen LogP contribution in [0.3, 0.4) is 0 Å². The molecule has 1 aromatic carbocycles. The van der Waals surface area contributed by atoms with Gasteiger partial charge in [-0.1, -0.05) is 36.4 Å². The highest BCUT2D eigenvalue weighted by Gasteiger charge is 2.71. The number of hydrogen-bond donors (Lipinski definition) is 1. The number of carbonyl (C=O) groups excluding carboxylic acids is 3. The van der Waals surface area contributed by atoms with Crippen molar-refractivity contribution in [3.05, 3.63) is 53.6 Å². The van der Waals surface area contributed by atoms with E-state index in [-0.39, 0.29) is 31.6 Å². The molecule has 5 atom stereocenters. The summed E-state index contributed by atoms with van der Waals surface area (Å²) in [5, 5.41) is 9.67. The fraction of sp³-hybridized carbons (Fsp3) is 0.458. The molecule has 0 aliphatic carbocycles. The highest BCUT2D eigenvalue weighted by molar-refractivity contribution is 6.06. The largest absolute Gasteiger partial charge is 0.461 e. The van der Waals surface area contributed by atoms with Crippen LogP contribution in [0.25, 0.3) is 0 Å². The summed E-state index contributed by atoms with van der Waals surface area (Å²) in [6.07, 6.45) is 6.42. The van der Waals surface area contributed by atoms with Gasteiger partial charge in [0.05, 0.1) is 18.6 Å². The number of benzene rings is 1. The normalized spacial score (nSPS) is 33.5. The lowest BCUT2D eigenvalue weighted by atomic mass is 9.78. The lowest BCUT2D eigenvalue weighted by molar-refractivity contribution is -0.152. The van der Waals surface area contributed by atoms with Crippen molar-refractivity contribution in [3.8, 4) is 0 Å². The van der Waals surface area contributed by atoms with Crippen molar-refractivity contribution in [2.75, 3.05) is 31.2 Å². The first-order valence-electron chi connectivity index (χ1n) is 10.9. The van der Waals surface area contributed by atoms with E-state index in [4.69, 9.17) is 9.47 Å². The van der Waals surface area contributed by atoms with E-state index in [1.807, 2.05) is 38.1 Å². The predicted octanol–water partition coefficient (Wildman–Crippen LogP) is 0.892. The molecule has 1 spiro atoms. The number of aliphatic hydroxyl groups excluding tert-OH is 1. The number of rotatable bonds is 3. The van der Waals surface area contributed by atoms with Crippen molar-refractivity contribution < 1.29 is 29.0 Å². The van der Waals surface area contributed by atoms with E-state index in [9.17, 15) is 19.5 Å². The number of para-hydroxylation sites is 1. The number of nitrogens with zero attached hydrogens (tertiary/aromatic N) is 2. The molecule has 0 aromatic heterocycles. The van der Waals surface area contributed by atoms with Crippen LogP contribution in [-0.4, -0.2) is 71.8 Å². The van der Waals surface area contributed by atoms with Crippen molar-refractivity contribution >= 4 is 23.5 Å². The van der Waals surface area contributed by atoms with Crippen LogP contribution < -0.4 is 4.90 Å². The molecule has 5 rings (SSSR count). The molecule has 2 amide bonds. The van der Waals surface area contributed by atoms with Crippen molar-refractivity contribution in [3.63, 3.8) is 0 Å². The van der Waals surface area contributed by atoms with Crippen LogP contribution in [0.5, 0.6) is 0 Å². The zero-order valence-corrected chi connectivity index (χ0v) is 18.1. The first-order chi connectivity index (χ1) is 15.4. The summed E-state index contributed by atoms with van der Waals surface area (Å²) in [5.74, 6) is -2.89. The number of carbonyl (C=O) groups is 3. The van der Waals surface area contributed by atoms with E-state index < -0.39 is 35.6 Å². The molecule has 2 fully saturated rings. The first-order valence-corrected chi connectivity index (χ1v) is 10.9. The van der Waals surface area contributed by atoms with Crippen LogP contribution in [0.2, 0.25) is 0 Å². The summed E-state index contributed by atoms with van der Waals surface area (Å²) >= 11 is 0. The van der Waals surface area contributed by atoms with E-state index in [0.717, 1.165) is 16.8 Å². The van der Waals surface area contributed by atoms with Gasteiger partial charge in [-0.2, -0.15) is 0 Å². The van der Waals surface area contributed by atoms with E-state index in [0.29, 0.717) is 6.54 Å². The Balaban J connectivity index is 1.65. The number of aryl methyl sites for hydroxylation is 2. The Labute approximate surface area is 186 Å². The second-order valence-electron chi connectivity index (χ2n) is 8.75. The minimum atomic E-state index is -1.30. The highest BCUT2D eigenvalue weighted by atomic mass is 16.6. The number of likely N-dealkylation sites (tertiary alicyclic amines) is 1. The van der Waals surface area contributed by atoms with Gasteiger partial charge in [0.25, 0.3) is 5.91 Å². The summed E-state index contributed by atoms with van der Waals surface area (Å²) in [7, 11) is 0. The third-order valence-electron chi connectivity index (χ3n) is 6.96. The molecular weight excluding hydrogens is 412 g/mol. The summed E-state index contributed by atoms with van der Waals surface area (Å²) in [6, 6.07) is 4.84. The lowest BCUT2D eigenvalue weighted by Crippen LogP contribution is -2.56. The van der Waals surface area contributed by atoms with Crippen molar-refractivity contribution in [2.24, 2.45) is 11.8 Å². The van der Waals surface area contributed by atoms with Gasteiger partial charge in [-0.3, -0.25) is 14.4 Å². The van der Waals surface area contributed by atoms with Crippen LogP contribution in [0, 0.1) is 25.7 Å². The predicted molar refractivity (Wildman–Crippen MR) is 115 cm³/mol. The van der Waals surface area contributed by atoms with Gasteiger partial charge in [-0.05, 0) is 31.1 Å². The number of esters is 1. The Morgan fingerprint density at radius 3 is 2.59 bits per heavy atom. The third kappa shape index (κ3) is 2.79. The fourth-order valence-corrected chi connectivity index (χ4v) is 5.75. The Morgan fingerprint density at radius 1 is 1.12 bits per heavy atom. The number of hydrogen-bond acceptors (Lipinski definition) is 6. The van der Waals surface area contributed by atoms with E-state index >= 15 is 0 Å². The molecule has 4 aliphatic rings. The van der Waals surface area contributed by atoms with Crippen molar-refractivity contribution in [1.29, 1.82) is 0 Å². The minimum Gasteiger partial charge on any atom is -0.461 e. The third-order valence-corrected chi connectivity index (χ3v) is 6.96. The zero-order valence-electron chi connectivity index (χ0n) is 18.1. The Hall–Kier alpha value is -2.97. The van der Waals surface area contributed by atoms with Gasteiger partial charge in [0.15, 0.2) is 0 Å². The molecule has 0 saturated carbocycles. The monoisotopic (exact) mass is 438 g/mol. The minimum absolute atomic E-state index is 0.0203. The molecule has 0 bridgehead atoms. The van der Waals surface area contributed by atoms with Gasteiger partial charge < -0.3 is 24.4 Å². The average molecular weight is 438 g/mol. The lowest BCUT2D eigenvalue weighted by Gasteiger charge is -2.35. The number of ether oxygens (including phenoxy) is 2. The van der Waals surface area contributed by atoms with Crippen LogP contribution in [0.15, 0.2) is 42.5 Å². The van der Waals surface area contributed by atoms with Gasteiger partial charge in [-0.25, -0.2) is 0 Å². The van der Waals surface area contributed by atoms with E-state index in [1.54, 1.807) is 23.1 Å². The van der Waals surface area contributed by atoms with Crippen molar-refractivity contribution in [2.45, 2.75) is 31.6 Å². The standard InChI is InChI=1S/C24H26N2O6/c1-14-6-3-7-15(2)19(14)25-10-5-9-24-18(17-16(32-24)8-4-13-31-23(17)30)21(28)26(11-12-27)20(24)22(25)29/h3-9,16-18,20,27H,10-13H2,1-2H3/t16-,17+,18+,20?,24+/m1/s1. The average Bonchev–Trinajstić information content (AvgIpc) is 3.04. The number of aliphatic hydroxyl groups is 1. The van der Waals surface area contributed by atoms with E-state index in [2.05, 4.69) is 0 Å². The molecule has 32 heavy (non-hydrogen) atoms. The molecule has 1 unspecified atom stereocenters. The van der Waals surface area contributed by atoms with Crippen LogP contribution in [0.1, 0.15) is 11.1 Å². The molecule has 1 aromatic rings. The molecule has 4 aliphatic heterocycles. The second kappa shape index (κ2) is 7.56. The Bertz CT molecular complexity index is 1030. The Kier molecular flexibility index (Phi) is 4.94. The molecule has 4 heterocycles. The summed E-state index contributed by atoms with van der Waals surface area (Å²) < 4.78 is 11.7. The highest BCUT2D eigenvalue weighted by Crippen LogP contribution is 2.53. The van der Waals surface area contributed by atoms with Crippen LogP contribution in [0.4, 0.5) is 5.69 Å². The van der Waals surface area contributed by atoms with Gasteiger partial charge in [0.2, 0.25) is 5.91 Å². The number of cyclic esters (lactones) is 1. The molecule has 1 N–H and O–H groups in total. The SMILES string of the molecule is Cc1cccc(C)c1N1CC=C[C@]23O[C@@H]4C=CCOC(=O)[C@@H]4[C@H]2C(=O)N(CCO)C3C1=O. The first kappa shape index (κ1) is 20.9. The molecule has 8 heteroatoms. The quantitative estimate of drug-likeness (QED) is 0.556. The summed E-state index contributed by atoms with van der Waals surface area (Å²) in [4.78, 5) is 43.5. The molecule has 168 valence electrons. The maximum Gasteiger partial charge on any atom is 0.313 e. The zero-order chi connectivity index (χ0) is 22.6. The van der Waals surface area contributed by atoms with Gasteiger partial charge >= 0.3 is 5.97 Å². The molecule has 2 saturated heterocycles. The fourth-order valence-electron chi connectivity index (χ4n) is 5.75. The topological polar surface area (TPSA) is 96.4 Å². The van der Waals surface area contributed by atoms with Gasteiger partial charge in [0, 0.05) is 18.8 Å².